The van der Waals surface area contributed by atoms with Crippen LogP contribution in [-0.2, 0) is 0 Å². The van der Waals surface area contributed by atoms with Gasteiger partial charge in [0.25, 0.3) is 0 Å². The fourth-order valence-corrected chi connectivity index (χ4v) is 1.91. The maximum atomic E-state index is 5.71. The Balaban J connectivity index is 2.15. The minimum atomic E-state index is 0.734. The zero-order chi connectivity index (χ0) is 13.1. The predicted molar refractivity (Wildman–Crippen MR) is 75.1 cm³/mol. The van der Waals surface area contributed by atoms with E-state index in [1.165, 1.54) is 0 Å². The summed E-state index contributed by atoms with van der Waals surface area (Å²) < 4.78 is 0. The Morgan fingerprint density at radius 3 is 1.74 bits per heavy atom. The van der Waals surface area contributed by atoms with Gasteiger partial charge in [0.1, 0.15) is 0 Å². The molecule has 0 unspecified atom stereocenters. The summed E-state index contributed by atoms with van der Waals surface area (Å²) in [6, 6.07) is 11.5. The van der Waals surface area contributed by atoms with Crippen LogP contribution in [0, 0.1) is 0 Å². The van der Waals surface area contributed by atoms with Gasteiger partial charge in [-0.25, -0.2) is 0 Å². The highest BCUT2D eigenvalue weighted by atomic mass is 14.8. The smallest absolute Gasteiger partial charge is 0.0966 e. The Hall–Kier alpha value is -2.75. The Kier molecular flexibility index (Phi) is 2.90. The van der Waals surface area contributed by atoms with E-state index in [1.54, 1.807) is 24.8 Å². The molecule has 0 saturated carbocycles. The molecule has 1 aromatic carbocycles. The fraction of sp³-hybridized carbons (Fsp3) is 0. The minimum Gasteiger partial charge on any atom is -0.399 e. The summed E-state index contributed by atoms with van der Waals surface area (Å²) in [6.45, 7) is 0. The lowest BCUT2D eigenvalue weighted by Crippen LogP contribution is -1.93. The molecule has 2 N–H and O–H groups in total. The molecule has 0 spiro atoms. The van der Waals surface area contributed by atoms with Gasteiger partial charge in [-0.05, 0) is 24.3 Å². The second kappa shape index (κ2) is 4.86. The van der Waals surface area contributed by atoms with Gasteiger partial charge in [0, 0.05) is 41.6 Å². The van der Waals surface area contributed by atoms with Crippen LogP contribution in [0.4, 0.5) is 5.69 Å². The first-order valence-electron chi connectivity index (χ1n) is 5.92. The number of nitrogen functional groups attached to an aromatic ring is 1. The molecule has 92 valence electrons. The lowest BCUT2D eigenvalue weighted by atomic mass is 10.0. The lowest BCUT2D eigenvalue weighted by molar-refractivity contribution is 1.20. The van der Waals surface area contributed by atoms with Gasteiger partial charge in [-0.1, -0.05) is 12.1 Å². The number of nitrogens with zero attached hydrogens (tertiary/aromatic N) is 3. The van der Waals surface area contributed by atoms with Gasteiger partial charge in [0.2, 0.25) is 0 Å². The molecule has 2 aromatic heterocycles. The Morgan fingerprint density at radius 1 is 0.632 bits per heavy atom. The Morgan fingerprint density at radius 2 is 1.16 bits per heavy atom. The van der Waals surface area contributed by atoms with E-state index in [2.05, 4.69) is 15.0 Å². The molecule has 0 atom stereocenters. The van der Waals surface area contributed by atoms with E-state index < -0.39 is 0 Å². The number of aromatic nitrogens is 3. The molecule has 0 saturated heterocycles. The number of nitrogens with two attached hydrogens (primary N) is 1. The van der Waals surface area contributed by atoms with Gasteiger partial charge in [0.05, 0.1) is 11.4 Å². The van der Waals surface area contributed by atoms with Crippen molar-refractivity contribution in [1.82, 2.24) is 15.0 Å². The number of hydrogen-bond acceptors (Lipinski definition) is 4. The fourth-order valence-electron chi connectivity index (χ4n) is 1.91. The number of hydrogen-bond donors (Lipinski definition) is 1. The lowest BCUT2D eigenvalue weighted by Gasteiger charge is -2.07. The molecule has 0 amide bonds. The van der Waals surface area contributed by atoms with Crippen molar-refractivity contribution in [2.24, 2.45) is 0 Å². The molecule has 3 aromatic rings. The van der Waals surface area contributed by atoms with Crippen molar-refractivity contribution < 1.29 is 0 Å². The van der Waals surface area contributed by atoms with Crippen LogP contribution in [0.25, 0.3) is 22.5 Å². The maximum absolute atomic E-state index is 5.71. The molecule has 2 heterocycles. The average molecular weight is 248 g/mol. The van der Waals surface area contributed by atoms with E-state index in [0.29, 0.717) is 0 Å². The van der Waals surface area contributed by atoms with Crippen LogP contribution in [0.1, 0.15) is 0 Å². The van der Waals surface area contributed by atoms with Crippen LogP contribution in [0.2, 0.25) is 0 Å². The third-order valence-electron chi connectivity index (χ3n) is 2.84. The van der Waals surface area contributed by atoms with E-state index >= 15 is 0 Å². The molecule has 0 aliphatic heterocycles. The molecular formula is C15H12N4. The number of benzene rings is 1. The van der Waals surface area contributed by atoms with Crippen LogP contribution < -0.4 is 5.73 Å². The van der Waals surface area contributed by atoms with E-state index in [-0.39, 0.29) is 0 Å². The zero-order valence-corrected chi connectivity index (χ0v) is 10.2. The topological polar surface area (TPSA) is 64.7 Å². The summed E-state index contributed by atoms with van der Waals surface area (Å²) in [5.74, 6) is 0. The maximum Gasteiger partial charge on any atom is 0.0966 e. The van der Waals surface area contributed by atoms with Gasteiger partial charge in [-0.2, -0.15) is 0 Å². The third-order valence-corrected chi connectivity index (χ3v) is 2.84. The molecule has 0 aliphatic carbocycles. The summed E-state index contributed by atoms with van der Waals surface area (Å²) in [4.78, 5) is 12.9. The number of anilines is 1. The van der Waals surface area contributed by atoms with Crippen molar-refractivity contribution in [1.29, 1.82) is 0 Å². The number of rotatable bonds is 2. The first-order chi connectivity index (χ1) is 9.34. The quantitative estimate of drug-likeness (QED) is 0.708. The normalized spacial score (nSPS) is 10.3. The molecule has 4 heteroatoms. The molecule has 0 bridgehead atoms. The Labute approximate surface area is 111 Å². The molecular weight excluding hydrogens is 236 g/mol. The zero-order valence-electron chi connectivity index (χ0n) is 10.2. The Bertz CT molecular complexity index is 678. The van der Waals surface area contributed by atoms with E-state index in [1.807, 2.05) is 36.4 Å². The summed E-state index contributed by atoms with van der Waals surface area (Å²) in [5.41, 5.74) is 10.1. The van der Waals surface area contributed by atoms with Crippen molar-refractivity contribution in [2.75, 3.05) is 5.73 Å². The highest BCUT2D eigenvalue weighted by Gasteiger charge is 2.09. The van der Waals surface area contributed by atoms with Crippen molar-refractivity contribution >= 4 is 5.69 Å². The second-order valence-electron chi connectivity index (χ2n) is 4.11. The van der Waals surface area contributed by atoms with Crippen LogP contribution in [0.3, 0.4) is 0 Å². The standard InChI is InChI=1S/C15H12N4/c16-13-3-1-11(2-4-13)14-15(19-10-9-18-14)12-5-7-17-8-6-12/h1-10H,16H2. The molecule has 19 heavy (non-hydrogen) atoms. The minimum absolute atomic E-state index is 0.734. The van der Waals surface area contributed by atoms with E-state index in [0.717, 1.165) is 28.2 Å². The molecule has 4 nitrogen and oxygen atoms in total. The van der Waals surface area contributed by atoms with Crippen LogP contribution in [-0.4, -0.2) is 15.0 Å². The van der Waals surface area contributed by atoms with E-state index in [4.69, 9.17) is 5.73 Å². The highest BCUT2D eigenvalue weighted by molar-refractivity contribution is 5.77. The van der Waals surface area contributed by atoms with Crippen LogP contribution >= 0.6 is 0 Å². The largest absolute Gasteiger partial charge is 0.399 e. The van der Waals surface area contributed by atoms with Gasteiger partial charge in [-0.3, -0.25) is 15.0 Å². The van der Waals surface area contributed by atoms with E-state index in [9.17, 15) is 0 Å². The van der Waals surface area contributed by atoms with Gasteiger partial charge in [-0.15, -0.1) is 0 Å². The van der Waals surface area contributed by atoms with Gasteiger partial charge < -0.3 is 5.73 Å². The summed E-state index contributed by atoms with van der Waals surface area (Å²) >= 11 is 0. The molecule has 0 fully saturated rings. The average Bonchev–Trinajstić information content (AvgIpc) is 2.49. The summed E-state index contributed by atoms with van der Waals surface area (Å²) in [7, 11) is 0. The van der Waals surface area contributed by atoms with Crippen LogP contribution in [0.5, 0.6) is 0 Å². The first-order valence-corrected chi connectivity index (χ1v) is 5.92. The molecule has 3 rings (SSSR count). The highest BCUT2D eigenvalue weighted by Crippen LogP contribution is 2.28. The third kappa shape index (κ3) is 2.28. The second-order valence-corrected chi connectivity index (χ2v) is 4.11. The van der Waals surface area contributed by atoms with Gasteiger partial charge >= 0.3 is 0 Å². The van der Waals surface area contributed by atoms with Crippen LogP contribution in [0.15, 0.2) is 61.2 Å². The summed E-state index contributed by atoms with van der Waals surface area (Å²) in [6.07, 6.45) is 6.88. The van der Waals surface area contributed by atoms with Crippen molar-refractivity contribution in [3.8, 4) is 22.5 Å². The monoisotopic (exact) mass is 248 g/mol. The molecule has 0 radical (unpaired) electrons. The van der Waals surface area contributed by atoms with Gasteiger partial charge in [0.15, 0.2) is 0 Å². The molecule has 0 aliphatic rings. The SMILES string of the molecule is Nc1ccc(-c2nccnc2-c2ccncc2)cc1. The van der Waals surface area contributed by atoms with Crippen molar-refractivity contribution in [3.63, 3.8) is 0 Å². The van der Waals surface area contributed by atoms with Crippen molar-refractivity contribution in [2.45, 2.75) is 0 Å². The summed E-state index contributed by atoms with van der Waals surface area (Å²) in [5, 5.41) is 0. The number of pyridine rings is 1. The van der Waals surface area contributed by atoms with Crippen molar-refractivity contribution in [3.05, 3.63) is 61.2 Å². The first kappa shape index (κ1) is 11.3. The predicted octanol–water partition coefficient (Wildman–Crippen LogP) is 2.79.